The molecule has 0 aliphatic heterocycles. The van der Waals surface area contributed by atoms with Gasteiger partial charge in [0, 0.05) is 16.8 Å². The first kappa shape index (κ1) is 9.16. The van der Waals surface area contributed by atoms with E-state index < -0.39 is 0 Å². The molecule has 0 N–H and O–H groups in total. The molecule has 1 aliphatic carbocycles. The van der Waals surface area contributed by atoms with Gasteiger partial charge in [-0.05, 0) is 25.7 Å². The standard InChI is InChI=1S/C11H12ClN3/c1-2-7-6-13-15-10(12)8-4-3-5-9(8)14-11(7)15/h6H,2-5H2,1H3. The first-order valence-electron chi connectivity index (χ1n) is 5.35. The highest BCUT2D eigenvalue weighted by Crippen LogP contribution is 2.28. The zero-order valence-corrected chi connectivity index (χ0v) is 9.38. The molecule has 15 heavy (non-hydrogen) atoms. The summed E-state index contributed by atoms with van der Waals surface area (Å²) in [5.41, 5.74) is 4.47. The molecule has 0 aromatic carbocycles. The molecule has 3 rings (SSSR count). The lowest BCUT2D eigenvalue weighted by molar-refractivity contribution is 0.900. The Morgan fingerprint density at radius 3 is 3.13 bits per heavy atom. The number of hydrogen-bond donors (Lipinski definition) is 0. The summed E-state index contributed by atoms with van der Waals surface area (Å²) in [5.74, 6) is 0. The Bertz CT molecular complexity index is 530. The van der Waals surface area contributed by atoms with E-state index in [9.17, 15) is 0 Å². The Kier molecular flexibility index (Phi) is 1.96. The smallest absolute Gasteiger partial charge is 0.160 e. The van der Waals surface area contributed by atoms with Crippen molar-refractivity contribution < 1.29 is 0 Å². The van der Waals surface area contributed by atoms with Gasteiger partial charge in [-0.2, -0.15) is 5.10 Å². The predicted octanol–water partition coefficient (Wildman–Crippen LogP) is 2.43. The van der Waals surface area contributed by atoms with Crippen molar-refractivity contribution in [3.8, 4) is 0 Å². The second-order valence-corrected chi connectivity index (χ2v) is 4.30. The van der Waals surface area contributed by atoms with Gasteiger partial charge < -0.3 is 0 Å². The highest BCUT2D eigenvalue weighted by Gasteiger charge is 2.20. The number of nitrogens with zero attached hydrogens (tertiary/aromatic N) is 3. The van der Waals surface area contributed by atoms with Gasteiger partial charge in [0.05, 0.1) is 6.20 Å². The van der Waals surface area contributed by atoms with Crippen molar-refractivity contribution in [1.29, 1.82) is 0 Å². The van der Waals surface area contributed by atoms with Crippen LogP contribution in [0, 0.1) is 0 Å². The van der Waals surface area contributed by atoms with E-state index in [1.807, 2.05) is 6.20 Å². The monoisotopic (exact) mass is 221 g/mol. The molecule has 2 heterocycles. The van der Waals surface area contributed by atoms with E-state index in [1.54, 1.807) is 4.52 Å². The highest BCUT2D eigenvalue weighted by atomic mass is 35.5. The molecule has 2 aromatic heterocycles. The summed E-state index contributed by atoms with van der Waals surface area (Å²) in [6.45, 7) is 2.11. The van der Waals surface area contributed by atoms with Gasteiger partial charge in [-0.15, -0.1) is 0 Å². The average Bonchev–Trinajstić information content (AvgIpc) is 2.83. The molecule has 0 unspecified atom stereocenters. The van der Waals surface area contributed by atoms with Crippen LogP contribution in [-0.2, 0) is 19.3 Å². The number of aromatic nitrogens is 3. The Morgan fingerprint density at radius 1 is 1.47 bits per heavy atom. The zero-order valence-electron chi connectivity index (χ0n) is 8.63. The molecule has 0 saturated heterocycles. The van der Waals surface area contributed by atoms with E-state index in [4.69, 9.17) is 11.6 Å². The molecular formula is C11H12ClN3. The molecule has 0 radical (unpaired) electrons. The molecule has 78 valence electrons. The summed E-state index contributed by atoms with van der Waals surface area (Å²) >= 11 is 6.32. The van der Waals surface area contributed by atoms with Gasteiger partial charge in [-0.1, -0.05) is 18.5 Å². The number of halogens is 1. The number of fused-ring (bicyclic) bond motifs is 2. The third kappa shape index (κ3) is 1.19. The second-order valence-electron chi connectivity index (χ2n) is 3.94. The van der Waals surface area contributed by atoms with E-state index >= 15 is 0 Å². The highest BCUT2D eigenvalue weighted by molar-refractivity contribution is 6.30. The normalized spacial score (nSPS) is 14.8. The van der Waals surface area contributed by atoms with Crippen LogP contribution in [0.1, 0.15) is 30.2 Å². The lowest BCUT2D eigenvalue weighted by Crippen LogP contribution is -2.00. The first-order valence-corrected chi connectivity index (χ1v) is 5.73. The molecule has 3 nitrogen and oxygen atoms in total. The van der Waals surface area contributed by atoms with Crippen molar-refractivity contribution in [2.45, 2.75) is 32.6 Å². The molecule has 0 amide bonds. The number of aryl methyl sites for hydroxylation is 2. The minimum absolute atomic E-state index is 0.757. The van der Waals surface area contributed by atoms with Crippen LogP contribution in [0.3, 0.4) is 0 Å². The zero-order chi connectivity index (χ0) is 10.4. The molecule has 0 saturated carbocycles. The maximum Gasteiger partial charge on any atom is 0.160 e. The van der Waals surface area contributed by atoms with Crippen LogP contribution in [0.4, 0.5) is 0 Å². The van der Waals surface area contributed by atoms with Crippen LogP contribution >= 0.6 is 11.6 Å². The van der Waals surface area contributed by atoms with Crippen molar-refractivity contribution in [2.24, 2.45) is 0 Å². The molecule has 2 aromatic rings. The number of hydrogen-bond acceptors (Lipinski definition) is 2. The van der Waals surface area contributed by atoms with Gasteiger partial charge >= 0.3 is 0 Å². The van der Waals surface area contributed by atoms with Crippen molar-refractivity contribution in [1.82, 2.24) is 14.6 Å². The van der Waals surface area contributed by atoms with Gasteiger partial charge in [-0.25, -0.2) is 9.50 Å². The van der Waals surface area contributed by atoms with Gasteiger partial charge in [0.25, 0.3) is 0 Å². The number of rotatable bonds is 1. The fourth-order valence-corrected chi connectivity index (χ4v) is 2.54. The van der Waals surface area contributed by atoms with Gasteiger partial charge in [-0.3, -0.25) is 0 Å². The molecular weight excluding hydrogens is 210 g/mol. The van der Waals surface area contributed by atoms with Crippen LogP contribution in [0.2, 0.25) is 5.15 Å². The van der Waals surface area contributed by atoms with Crippen LogP contribution in [0.5, 0.6) is 0 Å². The SMILES string of the molecule is CCc1cnn2c(Cl)c3c(nc12)CCC3. The second kappa shape index (κ2) is 3.20. The minimum atomic E-state index is 0.757. The topological polar surface area (TPSA) is 30.2 Å². The fourth-order valence-electron chi connectivity index (χ4n) is 2.22. The van der Waals surface area contributed by atoms with Crippen molar-refractivity contribution in [3.05, 3.63) is 28.2 Å². The quantitative estimate of drug-likeness (QED) is 0.693. The molecule has 0 bridgehead atoms. The molecule has 1 aliphatic rings. The van der Waals surface area contributed by atoms with E-state index in [1.165, 1.54) is 16.8 Å². The predicted molar refractivity (Wildman–Crippen MR) is 59.4 cm³/mol. The summed E-state index contributed by atoms with van der Waals surface area (Å²) in [7, 11) is 0. The lowest BCUT2D eigenvalue weighted by Gasteiger charge is -2.04. The summed E-state index contributed by atoms with van der Waals surface area (Å²) in [6.07, 6.45) is 6.07. The maximum atomic E-state index is 6.32. The molecule has 0 fully saturated rings. The van der Waals surface area contributed by atoms with Crippen molar-refractivity contribution in [2.75, 3.05) is 0 Å². The maximum absolute atomic E-state index is 6.32. The summed E-state index contributed by atoms with van der Waals surface area (Å²) in [6, 6.07) is 0. The fraction of sp³-hybridized carbons (Fsp3) is 0.455. The van der Waals surface area contributed by atoms with Crippen LogP contribution in [0.25, 0.3) is 5.65 Å². The van der Waals surface area contributed by atoms with Gasteiger partial charge in [0.1, 0.15) is 5.15 Å². The van der Waals surface area contributed by atoms with Crippen LogP contribution in [0.15, 0.2) is 6.20 Å². The van der Waals surface area contributed by atoms with Crippen LogP contribution in [-0.4, -0.2) is 14.6 Å². The van der Waals surface area contributed by atoms with Crippen LogP contribution < -0.4 is 0 Å². The molecule has 0 spiro atoms. The van der Waals surface area contributed by atoms with E-state index in [2.05, 4.69) is 17.0 Å². The van der Waals surface area contributed by atoms with E-state index in [0.717, 1.165) is 36.5 Å². The summed E-state index contributed by atoms with van der Waals surface area (Å²) < 4.78 is 1.77. The van der Waals surface area contributed by atoms with Gasteiger partial charge in [0.2, 0.25) is 0 Å². The minimum Gasteiger partial charge on any atom is -0.233 e. The molecule has 0 atom stereocenters. The largest absolute Gasteiger partial charge is 0.233 e. The van der Waals surface area contributed by atoms with E-state index in [0.29, 0.717) is 0 Å². The first-order chi connectivity index (χ1) is 7.31. The average molecular weight is 222 g/mol. The third-order valence-electron chi connectivity index (χ3n) is 3.06. The summed E-state index contributed by atoms with van der Waals surface area (Å²) in [5, 5.41) is 5.05. The Labute approximate surface area is 93.1 Å². The van der Waals surface area contributed by atoms with E-state index in [-0.39, 0.29) is 0 Å². The van der Waals surface area contributed by atoms with Crippen molar-refractivity contribution in [3.63, 3.8) is 0 Å². The molecule has 4 heteroatoms. The van der Waals surface area contributed by atoms with Gasteiger partial charge in [0.15, 0.2) is 5.65 Å². The third-order valence-corrected chi connectivity index (χ3v) is 3.45. The Hall–Kier alpha value is -1.09. The Morgan fingerprint density at radius 2 is 2.33 bits per heavy atom. The van der Waals surface area contributed by atoms with Crippen molar-refractivity contribution >= 4 is 17.2 Å². The Balaban J connectivity index is 2.37. The summed E-state index contributed by atoms with van der Waals surface area (Å²) in [4.78, 5) is 4.66. The lowest BCUT2D eigenvalue weighted by atomic mass is 10.2.